The molecule has 0 aliphatic carbocycles. The molecule has 3 nitrogen and oxygen atoms in total. The molecule has 0 saturated carbocycles. The van der Waals surface area contributed by atoms with E-state index in [1.807, 2.05) is 20.8 Å². The molecule has 76 valence electrons. The van der Waals surface area contributed by atoms with E-state index in [0.29, 0.717) is 6.61 Å². The van der Waals surface area contributed by atoms with Gasteiger partial charge in [0.1, 0.15) is 6.10 Å². The van der Waals surface area contributed by atoms with Gasteiger partial charge in [-0.05, 0) is 18.8 Å². The van der Waals surface area contributed by atoms with Gasteiger partial charge in [-0.1, -0.05) is 19.8 Å². The summed E-state index contributed by atoms with van der Waals surface area (Å²) in [6.07, 6.45) is -1.14. The molecule has 0 aliphatic heterocycles. The van der Waals surface area contributed by atoms with E-state index >= 15 is 0 Å². The molecule has 0 rings (SSSR count). The van der Waals surface area contributed by atoms with Crippen LogP contribution in [-0.4, -0.2) is 31.2 Å². The van der Waals surface area contributed by atoms with Gasteiger partial charge in [0.25, 0.3) is 0 Å². The molecule has 0 saturated heterocycles. The van der Waals surface area contributed by atoms with Crippen LogP contribution < -0.4 is 0 Å². The summed E-state index contributed by atoms with van der Waals surface area (Å²) in [7, 11) is 1.52. The van der Waals surface area contributed by atoms with Gasteiger partial charge in [-0.2, -0.15) is 0 Å². The van der Waals surface area contributed by atoms with E-state index in [1.54, 1.807) is 0 Å². The molecule has 0 heterocycles. The summed E-state index contributed by atoms with van der Waals surface area (Å²) < 4.78 is 10.0. The van der Waals surface area contributed by atoms with Crippen molar-refractivity contribution < 1.29 is 14.6 Å². The molecule has 0 radical (unpaired) electrons. The fourth-order valence-corrected chi connectivity index (χ4v) is 0.640. The Morgan fingerprint density at radius 3 is 2.31 bits per heavy atom. The molecule has 2 atom stereocenters. The first-order chi connectivity index (χ1) is 6.11. The van der Waals surface area contributed by atoms with E-state index in [9.17, 15) is 5.11 Å². The average Bonchev–Trinajstić information content (AvgIpc) is 2.11. The molecule has 3 heteroatoms. The van der Waals surface area contributed by atoms with Crippen LogP contribution in [0.1, 0.15) is 20.8 Å². The third kappa shape index (κ3) is 5.64. The van der Waals surface area contributed by atoms with Crippen molar-refractivity contribution in [2.45, 2.75) is 33.2 Å². The molecular formula is C10H18O3. The molecule has 13 heavy (non-hydrogen) atoms. The fraction of sp³-hybridized carbons (Fsp3) is 0.800. The Balaban J connectivity index is 4.03. The topological polar surface area (TPSA) is 38.7 Å². The quantitative estimate of drug-likeness (QED) is 0.526. The van der Waals surface area contributed by atoms with Crippen LogP contribution in [0.5, 0.6) is 0 Å². The molecule has 0 aliphatic rings. The maximum Gasteiger partial charge on any atom is 0.222 e. The third-order valence-corrected chi connectivity index (χ3v) is 1.51. The molecule has 0 bridgehead atoms. The highest BCUT2D eigenvalue weighted by Crippen LogP contribution is 1.99. The molecule has 0 aromatic heterocycles. The van der Waals surface area contributed by atoms with Crippen LogP contribution in [0, 0.1) is 17.8 Å². The van der Waals surface area contributed by atoms with Crippen LogP contribution in [0.4, 0.5) is 0 Å². The zero-order chi connectivity index (χ0) is 10.3. The molecule has 0 spiro atoms. The lowest BCUT2D eigenvalue weighted by atomic mass is 10.1. The molecule has 0 aromatic rings. The Bertz CT molecular complexity index is 178. The van der Waals surface area contributed by atoms with E-state index in [0.717, 1.165) is 0 Å². The monoisotopic (exact) mass is 186 g/mol. The average molecular weight is 186 g/mol. The summed E-state index contributed by atoms with van der Waals surface area (Å²) in [5.74, 6) is 5.51. The highest BCUT2D eigenvalue weighted by molar-refractivity contribution is 5.07. The van der Waals surface area contributed by atoms with Gasteiger partial charge >= 0.3 is 0 Å². The van der Waals surface area contributed by atoms with E-state index in [1.165, 1.54) is 7.11 Å². The molecule has 0 fully saturated rings. The van der Waals surface area contributed by atoms with Crippen LogP contribution in [-0.2, 0) is 9.47 Å². The minimum Gasteiger partial charge on any atom is -0.380 e. The van der Waals surface area contributed by atoms with E-state index in [4.69, 9.17) is 9.47 Å². The zero-order valence-electron chi connectivity index (χ0n) is 8.70. The molecule has 1 N–H and O–H groups in total. The SMILES string of the molecule is CCOC(C#CC(O)C(C)C)OC. The van der Waals surface area contributed by atoms with Crippen molar-refractivity contribution in [1.29, 1.82) is 0 Å². The van der Waals surface area contributed by atoms with Gasteiger partial charge < -0.3 is 14.6 Å². The van der Waals surface area contributed by atoms with Gasteiger partial charge in [-0.15, -0.1) is 0 Å². The van der Waals surface area contributed by atoms with Gasteiger partial charge in [0.2, 0.25) is 6.29 Å². The van der Waals surface area contributed by atoms with Crippen molar-refractivity contribution in [3.8, 4) is 11.8 Å². The van der Waals surface area contributed by atoms with Gasteiger partial charge in [0, 0.05) is 13.7 Å². The Hall–Kier alpha value is -0.560. The van der Waals surface area contributed by atoms with Crippen LogP contribution in [0.3, 0.4) is 0 Å². The largest absolute Gasteiger partial charge is 0.380 e. The van der Waals surface area contributed by atoms with Crippen molar-refractivity contribution in [2.75, 3.05) is 13.7 Å². The van der Waals surface area contributed by atoms with Crippen LogP contribution in [0.25, 0.3) is 0 Å². The van der Waals surface area contributed by atoms with Crippen LogP contribution >= 0.6 is 0 Å². The zero-order valence-corrected chi connectivity index (χ0v) is 8.70. The fourth-order valence-electron chi connectivity index (χ4n) is 0.640. The number of methoxy groups -OCH3 is 1. The first kappa shape index (κ1) is 12.4. The highest BCUT2D eigenvalue weighted by atomic mass is 16.7. The standard InChI is InChI=1S/C10H18O3/c1-5-13-10(12-4)7-6-9(11)8(2)3/h8-11H,5H2,1-4H3. The van der Waals surface area contributed by atoms with Crippen molar-refractivity contribution in [2.24, 2.45) is 5.92 Å². The Morgan fingerprint density at radius 1 is 1.31 bits per heavy atom. The Labute approximate surface area is 80.0 Å². The van der Waals surface area contributed by atoms with Crippen molar-refractivity contribution >= 4 is 0 Å². The predicted octanol–water partition coefficient (Wildman–Crippen LogP) is 1.02. The lowest BCUT2D eigenvalue weighted by Gasteiger charge is -2.09. The maximum absolute atomic E-state index is 9.35. The summed E-state index contributed by atoms with van der Waals surface area (Å²) >= 11 is 0. The lowest BCUT2D eigenvalue weighted by molar-refractivity contribution is -0.0795. The van der Waals surface area contributed by atoms with Crippen LogP contribution in [0.2, 0.25) is 0 Å². The number of hydrogen-bond acceptors (Lipinski definition) is 3. The minimum atomic E-state index is -0.613. The molecular weight excluding hydrogens is 168 g/mol. The summed E-state index contributed by atoms with van der Waals surface area (Å²) in [6.45, 7) is 6.22. The van der Waals surface area contributed by atoms with Crippen molar-refractivity contribution in [3.63, 3.8) is 0 Å². The maximum atomic E-state index is 9.35. The lowest BCUT2D eigenvalue weighted by Crippen LogP contribution is -2.16. The minimum absolute atomic E-state index is 0.131. The van der Waals surface area contributed by atoms with Gasteiger partial charge in [0.05, 0.1) is 0 Å². The first-order valence-corrected chi connectivity index (χ1v) is 4.45. The summed E-state index contributed by atoms with van der Waals surface area (Å²) in [5, 5.41) is 9.35. The van der Waals surface area contributed by atoms with E-state index in [-0.39, 0.29) is 5.92 Å². The van der Waals surface area contributed by atoms with Gasteiger partial charge in [0.15, 0.2) is 0 Å². The first-order valence-electron chi connectivity index (χ1n) is 4.45. The highest BCUT2D eigenvalue weighted by Gasteiger charge is 2.05. The molecule has 0 aromatic carbocycles. The summed E-state index contributed by atoms with van der Waals surface area (Å²) in [4.78, 5) is 0. The summed E-state index contributed by atoms with van der Waals surface area (Å²) in [6, 6.07) is 0. The number of rotatable bonds is 4. The second-order valence-corrected chi connectivity index (χ2v) is 3.00. The molecule has 2 unspecified atom stereocenters. The van der Waals surface area contributed by atoms with Crippen molar-refractivity contribution in [3.05, 3.63) is 0 Å². The number of aliphatic hydroxyl groups is 1. The van der Waals surface area contributed by atoms with E-state index in [2.05, 4.69) is 11.8 Å². The van der Waals surface area contributed by atoms with Crippen LogP contribution in [0.15, 0.2) is 0 Å². The number of aliphatic hydroxyl groups excluding tert-OH is 1. The van der Waals surface area contributed by atoms with E-state index < -0.39 is 12.4 Å². The third-order valence-electron chi connectivity index (χ3n) is 1.51. The summed E-state index contributed by atoms with van der Waals surface area (Å²) in [5.41, 5.74) is 0. The van der Waals surface area contributed by atoms with Gasteiger partial charge in [-0.25, -0.2) is 0 Å². The normalized spacial score (nSPS) is 14.9. The second kappa shape index (κ2) is 6.90. The van der Waals surface area contributed by atoms with Gasteiger partial charge in [-0.3, -0.25) is 0 Å². The number of ether oxygens (including phenoxy) is 2. The molecule has 0 amide bonds. The Morgan fingerprint density at radius 2 is 1.92 bits per heavy atom. The van der Waals surface area contributed by atoms with Crippen molar-refractivity contribution in [1.82, 2.24) is 0 Å². The second-order valence-electron chi connectivity index (χ2n) is 3.00. The number of hydrogen-bond donors (Lipinski definition) is 1. The smallest absolute Gasteiger partial charge is 0.222 e. The Kier molecular flexibility index (Phi) is 6.61. The predicted molar refractivity (Wildman–Crippen MR) is 51.0 cm³/mol.